The van der Waals surface area contributed by atoms with Crippen molar-refractivity contribution in [1.82, 2.24) is 20.0 Å². The Bertz CT molecular complexity index is 557. The molecule has 7 heteroatoms. The summed E-state index contributed by atoms with van der Waals surface area (Å²) in [5.41, 5.74) is 0.866. The van der Waals surface area contributed by atoms with Crippen LogP contribution in [0.1, 0.15) is 50.3 Å². The molecule has 2 fully saturated rings. The van der Waals surface area contributed by atoms with E-state index in [9.17, 15) is 9.59 Å². The zero-order valence-electron chi connectivity index (χ0n) is 13.3. The third-order valence-electron chi connectivity index (χ3n) is 4.91. The summed E-state index contributed by atoms with van der Waals surface area (Å²) < 4.78 is 2.02. The molecule has 1 saturated heterocycles. The molecule has 126 valence electrons. The Balaban J connectivity index is 1.45. The topological polar surface area (TPSA) is 87.5 Å². The van der Waals surface area contributed by atoms with Crippen LogP contribution in [0.5, 0.6) is 0 Å². The molecule has 1 aliphatic heterocycles. The summed E-state index contributed by atoms with van der Waals surface area (Å²) in [5.74, 6) is -1.08. The second-order valence-electron chi connectivity index (χ2n) is 6.48. The lowest BCUT2D eigenvalue weighted by Crippen LogP contribution is -2.45. The number of likely N-dealkylation sites (tertiary alicyclic amines) is 1. The van der Waals surface area contributed by atoms with Gasteiger partial charge < -0.3 is 15.3 Å². The smallest absolute Gasteiger partial charge is 0.317 e. The number of carboxylic acid groups (broad SMARTS) is 1. The van der Waals surface area contributed by atoms with E-state index in [1.807, 2.05) is 16.9 Å². The van der Waals surface area contributed by atoms with Gasteiger partial charge in [0.1, 0.15) is 0 Å². The average Bonchev–Trinajstić information content (AvgIpc) is 3.23. The van der Waals surface area contributed by atoms with Crippen molar-refractivity contribution in [3.8, 4) is 0 Å². The van der Waals surface area contributed by atoms with Gasteiger partial charge in [-0.05, 0) is 31.7 Å². The number of carbonyl (C=O) groups is 2. The Labute approximate surface area is 135 Å². The number of piperidine rings is 1. The number of amides is 2. The van der Waals surface area contributed by atoms with Crippen LogP contribution in [0.3, 0.4) is 0 Å². The number of hydrogen-bond acceptors (Lipinski definition) is 3. The van der Waals surface area contributed by atoms with Crippen molar-refractivity contribution in [1.29, 1.82) is 0 Å². The van der Waals surface area contributed by atoms with Gasteiger partial charge in [-0.15, -0.1) is 0 Å². The zero-order valence-corrected chi connectivity index (χ0v) is 13.3. The summed E-state index contributed by atoms with van der Waals surface area (Å²) in [6.07, 6.45) is 7.96. The molecule has 1 saturated carbocycles. The predicted molar refractivity (Wildman–Crippen MR) is 83.9 cm³/mol. The highest BCUT2D eigenvalue weighted by atomic mass is 16.4. The van der Waals surface area contributed by atoms with Crippen LogP contribution in [0.25, 0.3) is 0 Å². The Morgan fingerprint density at radius 2 is 1.91 bits per heavy atom. The Kier molecular flexibility index (Phi) is 4.83. The molecule has 1 aliphatic carbocycles. The summed E-state index contributed by atoms with van der Waals surface area (Å²) in [6.45, 7) is 1.41. The van der Waals surface area contributed by atoms with Crippen molar-refractivity contribution in [2.75, 3.05) is 13.1 Å². The number of nitrogens with zero attached hydrogens (tertiary/aromatic N) is 3. The van der Waals surface area contributed by atoms with Gasteiger partial charge in [0.05, 0.1) is 24.2 Å². The molecular weight excluding hydrogens is 296 g/mol. The lowest BCUT2D eigenvalue weighted by molar-refractivity contribution is -0.143. The van der Waals surface area contributed by atoms with E-state index in [1.165, 1.54) is 25.7 Å². The van der Waals surface area contributed by atoms with E-state index in [0.29, 0.717) is 38.5 Å². The fraction of sp³-hybridized carbons (Fsp3) is 0.688. The second-order valence-corrected chi connectivity index (χ2v) is 6.48. The minimum atomic E-state index is -0.762. The number of aromatic nitrogens is 2. The molecule has 3 rings (SSSR count). The van der Waals surface area contributed by atoms with Crippen LogP contribution in [0, 0.1) is 5.92 Å². The molecule has 0 atom stereocenters. The lowest BCUT2D eigenvalue weighted by Gasteiger charge is -2.30. The number of hydrogen-bond donors (Lipinski definition) is 2. The molecule has 7 nitrogen and oxygen atoms in total. The molecule has 2 heterocycles. The molecule has 2 aliphatic rings. The van der Waals surface area contributed by atoms with Crippen LogP contribution < -0.4 is 5.32 Å². The molecule has 0 bridgehead atoms. The largest absolute Gasteiger partial charge is 0.481 e. The van der Waals surface area contributed by atoms with E-state index in [0.717, 1.165) is 5.69 Å². The molecule has 1 aromatic rings. The van der Waals surface area contributed by atoms with E-state index < -0.39 is 5.97 Å². The minimum Gasteiger partial charge on any atom is -0.481 e. The van der Waals surface area contributed by atoms with E-state index in [4.69, 9.17) is 5.11 Å². The van der Waals surface area contributed by atoms with Gasteiger partial charge in [0.15, 0.2) is 0 Å². The summed E-state index contributed by atoms with van der Waals surface area (Å²) in [7, 11) is 0. The zero-order chi connectivity index (χ0) is 16.2. The van der Waals surface area contributed by atoms with Crippen LogP contribution in [0.15, 0.2) is 12.3 Å². The fourth-order valence-corrected chi connectivity index (χ4v) is 3.45. The molecular formula is C16H24N4O3. The summed E-state index contributed by atoms with van der Waals surface area (Å²) in [6, 6.07) is 2.33. The van der Waals surface area contributed by atoms with Gasteiger partial charge in [-0.3, -0.25) is 9.48 Å². The molecule has 0 aromatic carbocycles. The van der Waals surface area contributed by atoms with Gasteiger partial charge in [0.25, 0.3) is 0 Å². The molecule has 0 unspecified atom stereocenters. The highest BCUT2D eigenvalue weighted by molar-refractivity contribution is 5.75. The maximum absolute atomic E-state index is 12.1. The minimum absolute atomic E-state index is 0.135. The van der Waals surface area contributed by atoms with E-state index in [2.05, 4.69) is 10.4 Å². The summed E-state index contributed by atoms with van der Waals surface area (Å²) in [5, 5.41) is 16.4. The van der Waals surface area contributed by atoms with Crippen molar-refractivity contribution in [2.24, 2.45) is 5.92 Å². The van der Waals surface area contributed by atoms with Crippen LogP contribution in [-0.2, 0) is 11.3 Å². The monoisotopic (exact) mass is 320 g/mol. The first-order chi connectivity index (χ1) is 11.1. The third kappa shape index (κ3) is 3.83. The average molecular weight is 320 g/mol. The van der Waals surface area contributed by atoms with Gasteiger partial charge in [0.2, 0.25) is 0 Å². The second kappa shape index (κ2) is 7.02. The Hall–Kier alpha value is -2.05. The number of carboxylic acids is 1. The summed E-state index contributed by atoms with van der Waals surface area (Å²) >= 11 is 0. The molecule has 2 N–H and O–H groups in total. The van der Waals surface area contributed by atoms with Crippen molar-refractivity contribution in [2.45, 2.75) is 51.1 Å². The maximum atomic E-state index is 12.1. The predicted octanol–water partition coefficient (Wildman–Crippen LogP) is 2.00. The Morgan fingerprint density at radius 3 is 2.57 bits per heavy atom. The number of rotatable bonds is 4. The molecule has 2 amide bonds. The van der Waals surface area contributed by atoms with Crippen LogP contribution in [0.2, 0.25) is 0 Å². The summed E-state index contributed by atoms with van der Waals surface area (Å²) in [4.78, 5) is 24.8. The third-order valence-corrected chi connectivity index (χ3v) is 4.91. The number of urea groups is 1. The number of carbonyl (C=O) groups excluding carboxylic acids is 1. The molecule has 0 spiro atoms. The number of aliphatic carboxylic acids is 1. The van der Waals surface area contributed by atoms with Gasteiger partial charge in [-0.25, -0.2) is 4.79 Å². The quantitative estimate of drug-likeness (QED) is 0.888. The van der Waals surface area contributed by atoms with Crippen molar-refractivity contribution < 1.29 is 14.7 Å². The lowest BCUT2D eigenvalue weighted by atomic mass is 9.97. The van der Waals surface area contributed by atoms with Gasteiger partial charge in [-0.1, -0.05) is 12.8 Å². The first kappa shape index (κ1) is 15.8. The van der Waals surface area contributed by atoms with Crippen LogP contribution in [0.4, 0.5) is 4.79 Å². The van der Waals surface area contributed by atoms with Crippen molar-refractivity contribution in [3.63, 3.8) is 0 Å². The fourth-order valence-electron chi connectivity index (χ4n) is 3.45. The Morgan fingerprint density at radius 1 is 1.22 bits per heavy atom. The van der Waals surface area contributed by atoms with Crippen molar-refractivity contribution in [3.05, 3.63) is 18.0 Å². The van der Waals surface area contributed by atoms with Crippen LogP contribution in [-0.4, -0.2) is 44.9 Å². The maximum Gasteiger partial charge on any atom is 0.317 e. The normalized spacial score (nSPS) is 19.9. The molecule has 0 radical (unpaired) electrons. The van der Waals surface area contributed by atoms with Crippen molar-refractivity contribution >= 4 is 12.0 Å². The van der Waals surface area contributed by atoms with Crippen LogP contribution >= 0.6 is 0 Å². The van der Waals surface area contributed by atoms with Gasteiger partial charge >= 0.3 is 12.0 Å². The van der Waals surface area contributed by atoms with Gasteiger partial charge in [0, 0.05) is 19.3 Å². The SMILES string of the molecule is O=C(O)C1CCN(C(=O)NCc2ccn(C3CCCC3)n2)CC1. The van der Waals surface area contributed by atoms with E-state index >= 15 is 0 Å². The first-order valence-electron chi connectivity index (χ1n) is 8.43. The number of nitrogens with one attached hydrogen (secondary N) is 1. The standard InChI is InChI=1S/C16H24N4O3/c21-15(22)12-5-8-19(9-6-12)16(23)17-11-13-7-10-20(18-13)14-3-1-2-4-14/h7,10,12,14H,1-6,8-9,11H2,(H,17,23)(H,21,22). The molecule has 1 aromatic heterocycles. The van der Waals surface area contributed by atoms with E-state index in [-0.39, 0.29) is 11.9 Å². The van der Waals surface area contributed by atoms with E-state index in [1.54, 1.807) is 4.90 Å². The highest BCUT2D eigenvalue weighted by Crippen LogP contribution is 2.28. The highest BCUT2D eigenvalue weighted by Gasteiger charge is 2.27. The van der Waals surface area contributed by atoms with Gasteiger partial charge in [-0.2, -0.15) is 5.10 Å². The molecule has 23 heavy (non-hydrogen) atoms. The first-order valence-corrected chi connectivity index (χ1v) is 8.43.